The number of benzene rings is 1. The SMILES string of the molecule is COCc1ccc(CNC(=O)CN2C(C)CCCC2CO)cc1. The summed E-state index contributed by atoms with van der Waals surface area (Å²) < 4.78 is 5.09. The molecule has 1 aliphatic rings. The third kappa shape index (κ3) is 5.30. The smallest absolute Gasteiger partial charge is 0.234 e. The Hall–Kier alpha value is -1.43. The van der Waals surface area contributed by atoms with E-state index in [1.165, 1.54) is 0 Å². The van der Waals surface area contributed by atoms with E-state index in [0.29, 0.717) is 25.7 Å². The molecule has 5 heteroatoms. The summed E-state index contributed by atoms with van der Waals surface area (Å²) in [6.45, 7) is 3.73. The van der Waals surface area contributed by atoms with Crippen LogP contribution in [0.25, 0.3) is 0 Å². The van der Waals surface area contributed by atoms with Crippen molar-refractivity contribution in [3.8, 4) is 0 Å². The maximum atomic E-state index is 12.2. The van der Waals surface area contributed by atoms with Crippen LogP contribution in [0, 0.1) is 0 Å². The molecule has 0 aromatic heterocycles. The van der Waals surface area contributed by atoms with E-state index >= 15 is 0 Å². The van der Waals surface area contributed by atoms with Crippen LogP contribution in [0.3, 0.4) is 0 Å². The molecule has 0 spiro atoms. The zero-order chi connectivity index (χ0) is 16.7. The Morgan fingerprint density at radius 1 is 1.30 bits per heavy atom. The summed E-state index contributed by atoms with van der Waals surface area (Å²) in [6.07, 6.45) is 3.18. The maximum Gasteiger partial charge on any atom is 0.234 e. The molecule has 0 radical (unpaired) electrons. The Kier molecular flexibility index (Phi) is 7.02. The first-order valence-electron chi connectivity index (χ1n) is 8.34. The van der Waals surface area contributed by atoms with Crippen molar-refractivity contribution in [1.82, 2.24) is 10.2 Å². The minimum atomic E-state index is 0.0122. The highest BCUT2D eigenvalue weighted by molar-refractivity contribution is 5.78. The molecule has 1 aliphatic heterocycles. The van der Waals surface area contributed by atoms with Crippen LogP contribution in [-0.2, 0) is 22.7 Å². The quantitative estimate of drug-likeness (QED) is 0.802. The second-order valence-electron chi connectivity index (χ2n) is 6.31. The fraction of sp³-hybridized carbons (Fsp3) is 0.611. The van der Waals surface area contributed by atoms with Gasteiger partial charge in [0.05, 0.1) is 19.8 Å². The lowest BCUT2D eigenvalue weighted by molar-refractivity contribution is -0.124. The number of hydrogen-bond donors (Lipinski definition) is 2. The Labute approximate surface area is 138 Å². The van der Waals surface area contributed by atoms with Crippen LogP contribution < -0.4 is 5.32 Å². The van der Waals surface area contributed by atoms with Crippen molar-refractivity contribution in [3.05, 3.63) is 35.4 Å². The number of amides is 1. The lowest BCUT2D eigenvalue weighted by Gasteiger charge is -2.39. The highest BCUT2D eigenvalue weighted by Crippen LogP contribution is 2.22. The number of ether oxygens (including phenoxy) is 1. The number of aliphatic hydroxyl groups is 1. The molecule has 0 saturated carbocycles. The molecule has 1 heterocycles. The number of nitrogens with one attached hydrogen (secondary N) is 1. The Balaban J connectivity index is 1.82. The number of rotatable bonds is 7. The molecule has 2 unspecified atom stereocenters. The molecular formula is C18H28N2O3. The Morgan fingerprint density at radius 2 is 2.00 bits per heavy atom. The minimum Gasteiger partial charge on any atom is -0.395 e. The van der Waals surface area contributed by atoms with Crippen molar-refractivity contribution < 1.29 is 14.6 Å². The summed E-state index contributed by atoms with van der Waals surface area (Å²) in [5.74, 6) is 0.0122. The molecule has 1 aromatic carbocycles. The first-order chi connectivity index (χ1) is 11.1. The van der Waals surface area contributed by atoms with E-state index in [0.717, 1.165) is 30.4 Å². The third-order valence-corrected chi connectivity index (χ3v) is 4.56. The third-order valence-electron chi connectivity index (χ3n) is 4.56. The van der Waals surface area contributed by atoms with Crippen LogP contribution in [0.2, 0.25) is 0 Å². The van der Waals surface area contributed by atoms with E-state index in [4.69, 9.17) is 4.74 Å². The van der Waals surface area contributed by atoms with Gasteiger partial charge in [0.25, 0.3) is 0 Å². The number of methoxy groups -OCH3 is 1. The predicted molar refractivity (Wildman–Crippen MR) is 89.9 cm³/mol. The van der Waals surface area contributed by atoms with E-state index in [2.05, 4.69) is 17.1 Å². The monoisotopic (exact) mass is 320 g/mol. The molecule has 1 saturated heterocycles. The molecule has 2 atom stereocenters. The van der Waals surface area contributed by atoms with Crippen molar-refractivity contribution in [2.75, 3.05) is 20.3 Å². The van der Waals surface area contributed by atoms with Crippen molar-refractivity contribution in [3.63, 3.8) is 0 Å². The standard InChI is InChI=1S/C18H28N2O3/c1-14-4-3-5-17(12-21)20(14)11-18(22)19-10-15-6-8-16(9-7-15)13-23-2/h6-9,14,17,21H,3-5,10-13H2,1-2H3,(H,19,22). The summed E-state index contributed by atoms with van der Waals surface area (Å²) in [6, 6.07) is 8.50. The molecule has 5 nitrogen and oxygen atoms in total. The topological polar surface area (TPSA) is 61.8 Å². The van der Waals surface area contributed by atoms with E-state index in [-0.39, 0.29) is 18.6 Å². The fourth-order valence-corrected chi connectivity index (χ4v) is 3.16. The van der Waals surface area contributed by atoms with Crippen LogP contribution >= 0.6 is 0 Å². The van der Waals surface area contributed by atoms with Gasteiger partial charge in [-0.25, -0.2) is 0 Å². The number of likely N-dealkylation sites (tertiary alicyclic amines) is 1. The normalized spacial score (nSPS) is 22.0. The van der Waals surface area contributed by atoms with Gasteiger partial charge in [0, 0.05) is 25.7 Å². The van der Waals surface area contributed by atoms with Gasteiger partial charge >= 0.3 is 0 Å². The molecule has 0 aliphatic carbocycles. The highest BCUT2D eigenvalue weighted by Gasteiger charge is 2.28. The van der Waals surface area contributed by atoms with Crippen LogP contribution in [0.15, 0.2) is 24.3 Å². The van der Waals surface area contributed by atoms with Gasteiger partial charge in [-0.3, -0.25) is 9.69 Å². The molecule has 1 aromatic rings. The molecule has 1 amide bonds. The summed E-state index contributed by atoms with van der Waals surface area (Å²) in [4.78, 5) is 14.3. The molecule has 1 fully saturated rings. The van der Waals surface area contributed by atoms with Gasteiger partial charge in [0.1, 0.15) is 0 Å². The van der Waals surface area contributed by atoms with Crippen LogP contribution in [-0.4, -0.2) is 48.3 Å². The van der Waals surface area contributed by atoms with E-state index < -0.39 is 0 Å². The van der Waals surface area contributed by atoms with Gasteiger partial charge in [-0.15, -0.1) is 0 Å². The van der Waals surface area contributed by atoms with Crippen molar-refractivity contribution >= 4 is 5.91 Å². The number of piperidine rings is 1. The van der Waals surface area contributed by atoms with Gasteiger partial charge in [-0.2, -0.15) is 0 Å². The number of carbonyl (C=O) groups excluding carboxylic acids is 1. The van der Waals surface area contributed by atoms with Gasteiger partial charge in [0.2, 0.25) is 5.91 Å². The van der Waals surface area contributed by atoms with Crippen LogP contribution in [0.4, 0.5) is 0 Å². The average molecular weight is 320 g/mol. The largest absolute Gasteiger partial charge is 0.395 e. The number of hydrogen-bond acceptors (Lipinski definition) is 4. The number of nitrogens with zero attached hydrogens (tertiary/aromatic N) is 1. The first-order valence-corrected chi connectivity index (χ1v) is 8.34. The lowest BCUT2D eigenvalue weighted by Crippen LogP contribution is -2.51. The van der Waals surface area contributed by atoms with Gasteiger partial charge in [-0.05, 0) is 30.9 Å². The molecular weight excluding hydrogens is 292 g/mol. The van der Waals surface area contributed by atoms with Crippen LogP contribution in [0.5, 0.6) is 0 Å². The van der Waals surface area contributed by atoms with E-state index in [1.807, 2.05) is 24.3 Å². The Bertz CT molecular complexity index is 490. The van der Waals surface area contributed by atoms with Gasteiger partial charge in [0.15, 0.2) is 0 Å². The molecule has 2 N–H and O–H groups in total. The fourth-order valence-electron chi connectivity index (χ4n) is 3.16. The maximum absolute atomic E-state index is 12.2. The van der Waals surface area contributed by atoms with E-state index in [1.54, 1.807) is 7.11 Å². The molecule has 128 valence electrons. The lowest BCUT2D eigenvalue weighted by atomic mass is 9.97. The average Bonchev–Trinajstić information content (AvgIpc) is 2.56. The molecule has 2 rings (SSSR count). The summed E-state index contributed by atoms with van der Waals surface area (Å²) in [5, 5.41) is 12.5. The Morgan fingerprint density at radius 3 is 2.65 bits per heavy atom. The van der Waals surface area contributed by atoms with Crippen LogP contribution in [0.1, 0.15) is 37.3 Å². The number of carbonyl (C=O) groups is 1. The summed E-state index contributed by atoms with van der Waals surface area (Å²) >= 11 is 0. The molecule has 0 bridgehead atoms. The van der Waals surface area contributed by atoms with E-state index in [9.17, 15) is 9.90 Å². The van der Waals surface area contributed by atoms with Gasteiger partial charge in [-0.1, -0.05) is 30.7 Å². The predicted octanol–water partition coefficient (Wildman–Crippen LogP) is 1.68. The zero-order valence-electron chi connectivity index (χ0n) is 14.1. The second-order valence-corrected chi connectivity index (χ2v) is 6.31. The van der Waals surface area contributed by atoms with Crippen molar-refractivity contribution in [2.45, 2.75) is 51.4 Å². The highest BCUT2D eigenvalue weighted by atomic mass is 16.5. The van der Waals surface area contributed by atoms with Crippen molar-refractivity contribution in [2.24, 2.45) is 0 Å². The van der Waals surface area contributed by atoms with Gasteiger partial charge < -0.3 is 15.2 Å². The first kappa shape index (κ1) is 17.9. The summed E-state index contributed by atoms with van der Waals surface area (Å²) in [5.41, 5.74) is 2.19. The van der Waals surface area contributed by atoms with Crippen molar-refractivity contribution in [1.29, 1.82) is 0 Å². The minimum absolute atomic E-state index is 0.0122. The zero-order valence-corrected chi connectivity index (χ0v) is 14.1. The molecule has 23 heavy (non-hydrogen) atoms. The second kappa shape index (κ2) is 9.01. The number of aliphatic hydroxyl groups excluding tert-OH is 1. The summed E-state index contributed by atoms with van der Waals surface area (Å²) in [7, 11) is 1.68.